The van der Waals surface area contributed by atoms with Crippen molar-refractivity contribution in [3.05, 3.63) is 58.0 Å². The minimum absolute atomic E-state index is 0.0957. The van der Waals surface area contributed by atoms with E-state index in [0.29, 0.717) is 37.2 Å². The maximum atomic E-state index is 12.6. The van der Waals surface area contributed by atoms with Gasteiger partial charge in [0.1, 0.15) is 5.69 Å². The lowest BCUT2D eigenvalue weighted by molar-refractivity contribution is 0.0697. The van der Waals surface area contributed by atoms with Crippen LogP contribution < -0.4 is 15.6 Å². The average Bonchev–Trinajstić information content (AvgIpc) is 2.68. The van der Waals surface area contributed by atoms with Crippen LogP contribution in [-0.4, -0.2) is 60.7 Å². The summed E-state index contributed by atoms with van der Waals surface area (Å²) in [6, 6.07) is 8.73. The first kappa shape index (κ1) is 20.5. The van der Waals surface area contributed by atoms with Crippen LogP contribution in [0.3, 0.4) is 0 Å². The molecule has 0 aliphatic carbocycles. The Morgan fingerprint density at radius 2 is 1.76 bits per heavy atom. The predicted molar refractivity (Wildman–Crippen MR) is 106 cm³/mol. The van der Waals surface area contributed by atoms with E-state index >= 15 is 0 Å². The zero-order chi connectivity index (χ0) is 21.0. The zero-order valence-corrected chi connectivity index (χ0v) is 16.5. The number of benzene rings is 1. The molecule has 1 fully saturated rings. The molecule has 3 rings (SSSR count). The van der Waals surface area contributed by atoms with Crippen LogP contribution in [-0.2, 0) is 10.0 Å². The lowest BCUT2D eigenvalue weighted by Gasteiger charge is -2.32. The van der Waals surface area contributed by atoms with Gasteiger partial charge in [-0.2, -0.15) is 5.10 Å². The molecule has 2 aromatic rings. The van der Waals surface area contributed by atoms with Gasteiger partial charge in [-0.25, -0.2) is 13.5 Å². The van der Waals surface area contributed by atoms with Crippen LogP contribution >= 0.6 is 0 Å². The molecule has 154 valence electrons. The number of hydrogen-bond acceptors (Lipinski definition) is 6. The number of sulfonamides is 1. The fourth-order valence-electron chi connectivity index (χ4n) is 3.03. The number of carbonyl (C=O) groups excluding carboxylic acids is 2. The van der Waals surface area contributed by atoms with E-state index in [0.717, 1.165) is 6.26 Å². The number of nitrogens with zero attached hydrogens (tertiary/aromatic N) is 2. The molecule has 1 aliphatic heterocycles. The Labute approximate surface area is 167 Å². The molecule has 2 heterocycles. The van der Waals surface area contributed by atoms with Gasteiger partial charge in [-0.1, -0.05) is 0 Å². The summed E-state index contributed by atoms with van der Waals surface area (Å²) < 4.78 is 24.8. The van der Waals surface area contributed by atoms with Crippen LogP contribution in [0.25, 0.3) is 0 Å². The Hall–Kier alpha value is -3.21. The van der Waals surface area contributed by atoms with Crippen LogP contribution in [0.5, 0.6) is 0 Å². The molecule has 1 aromatic heterocycles. The lowest BCUT2D eigenvalue weighted by Crippen LogP contribution is -2.46. The zero-order valence-electron chi connectivity index (χ0n) is 15.7. The van der Waals surface area contributed by atoms with Crippen molar-refractivity contribution in [1.82, 2.24) is 20.4 Å². The fraction of sp³-hybridized carbons (Fsp3) is 0.333. The van der Waals surface area contributed by atoms with Gasteiger partial charge >= 0.3 is 0 Å². The van der Waals surface area contributed by atoms with E-state index in [9.17, 15) is 22.8 Å². The largest absolute Gasteiger partial charge is 0.348 e. The van der Waals surface area contributed by atoms with Gasteiger partial charge in [-0.05, 0) is 43.2 Å². The first-order valence-corrected chi connectivity index (χ1v) is 10.8. The first-order valence-electron chi connectivity index (χ1n) is 8.95. The van der Waals surface area contributed by atoms with Crippen LogP contribution in [0.15, 0.2) is 41.2 Å². The number of amides is 2. The molecule has 0 unspecified atom stereocenters. The Morgan fingerprint density at radius 3 is 2.31 bits per heavy atom. The second kappa shape index (κ2) is 8.43. The molecular formula is C18H21N5O5S. The van der Waals surface area contributed by atoms with E-state index in [1.54, 1.807) is 29.2 Å². The molecule has 11 heteroatoms. The van der Waals surface area contributed by atoms with Gasteiger partial charge in [-0.3, -0.25) is 19.1 Å². The van der Waals surface area contributed by atoms with Gasteiger partial charge in [-0.15, -0.1) is 0 Å². The number of nitrogens with one attached hydrogen (secondary N) is 3. The maximum Gasteiger partial charge on any atom is 0.271 e. The molecule has 29 heavy (non-hydrogen) atoms. The Bertz CT molecular complexity index is 1040. The van der Waals surface area contributed by atoms with E-state index in [1.807, 2.05) is 0 Å². The number of anilines is 1. The summed E-state index contributed by atoms with van der Waals surface area (Å²) in [6.07, 6.45) is 2.24. The molecule has 0 radical (unpaired) electrons. The summed E-state index contributed by atoms with van der Waals surface area (Å²) >= 11 is 0. The molecule has 0 atom stereocenters. The SMILES string of the molecule is CS(=O)(=O)Nc1ccc(C(=O)N2CCC(NC(=O)c3ccc(=O)[nH]n3)CC2)cc1. The summed E-state index contributed by atoms with van der Waals surface area (Å²) in [7, 11) is -3.37. The smallest absolute Gasteiger partial charge is 0.271 e. The summed E-state index contributed by atoms with van der Waals surface area (Å²) in [5.41, 5.74) is 0.602. The number of rotatable bonds is 5. The summed E-state index contributed by atoms with van der Waals surface area (Å²) in [6.45, 7) is 0.957. The van der Waals surface area contributed by atoms with E-state index < -0.39 is 10.0 Å². The number of piperidine rings is 1. The van der Waals surface area contributed by atoms with Crippen LogP contribution in [0.2, 0.25) is 0 Å². The van der Waals surface area contributed by atoms with Crippen LogP contribution in [0, 0.1) is 0 Å². The van der Waals surface area contributed by atoms with Crippen LogP contribution in [0.1, 0.15) is 33.7 Å². The molecule has 1 saturated heterocycles. The van der Waals surface area contributed by atoms with Gasteiger partial charge in [0.2, 0.25) is 10.0 Å². The Kier molecular flexibility index (Phi) is 5.97. The summed E-state index contributed by atoms with van der Waals surface area (Å²) in [4.78, 5) is 37.5. The Balaban J connectivity index is 1.53. The second-order valence-corrected chi connectivity index (χ2v) is 8.55. The maximum absolute atomic E-state index is 12.6. The molecule has 0 spiro atoms. The minimum atomic E-state index is -3.37. The molecule has 1 aliphatic rings. The van der Waals surface area contributed by atoms with Gasteiger partial charge in [0.05, 0.1) is 6.26 Å². The summed E-state index contributed by atoms with van der Waals surface area (Å²) in [5.74, 6) is -0.525. The quantitative estimate of drug-likeness (QED) is 0.631. The first-order chi connectivity index (χ1) is 13.7. The number of likely N-dealkylation sites (tertiary alicyclic amines) is 1. The normalized spacial score (nSPS) is 15.0. The molecule has 1 aromatic carbocycles. The van der Waals surface area contributed by atoms with Crippen molar-refractivity contribution < 1.29 is 18.0 Å². The number of aromatic nitrogens is 2. The van der Waals surface area contributed by atoms with Gasteiger partial charge in [0, 0.05) is 36.4 Å². The summed E-state index contributed by atoms with van der Waals surface area (Å²) in [5, 5.41) is 8.77. The minimum Gasteiger partial charge on any atom is -0.348 e. The van der Waals surface area contributed by atoms with Crippen molar-refractivity contribution >= 4 is 27.5 Å². The van der Waals surface area contributed by atoms with Crippen molar-refractivity contribution in [3.63, 3.8) is 0 Å². The highest BCUT2D eigenvalue weighted by Crippen LogP contribution is 2.17. The van der Waals surface area contributed by atoms with E-state index in [1.165, 1.54) is 12.1 Å². The third-order valence-corrected chi connectivity index (χ3v) is 5.07. The van der Waals surface area contributed by atoms with Gasteiger partial charge in [0.25, 0.3) is 17.4 Å². The molecule has 3 N–H and O–H groups in total. The molecule has 0 saturated carbocycles. The van der Waals surface area contributed by atoms with Gasteiger partial charge in [0.15, 0.2) is 0 Å². The average molecular weight is 419 g/mol. The molecular weight excluding hydrogens is 398 g/mol. The Morgan fingerprint density at radius 1 is 1.10 bits per heavy atom. The van der Waals surface area contributed by atoms with E-state index in [-0.39, 0.29) is 29.1 Å². The standard InChI is InChI=1S/C18H21N5O5S/c1-29(27,28)22-14-4-2-12(3-5-14)18(26)23-10-8-13(9-11-23)19-17(25)15-6-7-16(24)21-20-15/h2-7,13,22H,8-11H2,1H3,(H,19,25)(H,21,24). The number of carbonyl (C=O) groups is 2. The van der Waals surface area contributed by atoms with Crippen molar-refractivity contribution in [2.24, 2.45) is 0 Å². The molecule has 2 amide bonds. The fourth-order valence-corrected chi connectivity index (χ4v) is 3.60. The number of aromatic amines is 1. The monoisotopic (exact) mass is 419 g/mol. The van der Waals surface area contributed by atoms with Crippen molar-refractivity contribution in [2.75, 3.05) is 24.1 Å². The topological polar surface area (TPSA) is 141 Å². The number of hydrogen-bond donors (Lipinski definition) is 3. The van der Waals surface area contributed by atoms with Crippen molar-refractivity contribution in [3.8, 4) is 0 Å². The molecule has 10 nitrogen and oxygen atoms in total. The van der Waals surface area contributed by atoms with Crippen LogP contribution in [0.4, 0.5) is 5.69 Å². The van der Waals surface area contributed by atoms with Crippen molar-refractivity contribution in [1.29, 1.82) is 0 Å². The third-order valence-electron chi connectivity index (χ3n) is 4.46. The third kappa shape index (κ3) is 5.64. The van der Waals surface area contributed by atoms with Gasteiger partial charge < -0.3 is 10.2 Å². The highest BCUT2D eigenvalue weighted by Gasteiger charge is 2.25. The van der Waals surface area contributed by atoms with Crippen molar-refractivity contribution in [2.45, 2.75) is 18.9 Å². The predicted octanol–water partition coefficient (Wildman–Crippen LogP) is 0.176. The second-order valence-electron chi connectivity index (χ2n) is 6.80. The lowest BCUT2D eigenvalue weighted by atomic mass is 10.0. The van der Waals surface area contributed by atoms with E-state index in [4.69, 9.17) is 0 Å². The number of H-pyrrole nitrogens is 1. The highest BCUT2D eigenvalue weighted by molar-refractivity contribution is 7.92. The molecule has 0 bridgehead atoms. The highest BCUT2D eigenvalue weighted by atomic mass is 32.2. The van der Waals surface area contributed by atoms with E-state index in [2.05, 4.69) is 20.2 Å².